The van der Waals surface area contributed by atoms with Gasteiger partial charge in [0.2, 0.25) is 5.76 Å². The number of halogens is 1. The molecular weight excluding hydrogens is 261 g/mol. The van der Waals surface area contributed by atoms with Gasteiger partial charge in [0.15, 0.2) is 0 Å². The van der Waals surface area contributed by atoms with Crippen molar-refractivity contribution in [2.45, 2.75) is 25.9 Å². The van der Waals surface area contributed by atoms with E-state index in [2.05, 4.69) is 5.32 Å². The first kappa shape index (κ1) is 14.3. The van der Waals surface area contributed by atoms with Gasteiger partial charge in [0.25, 0.3) is 0 Å². The normalized spacial score (nSPS) is 13.9. The van der Waals surface area contributed by atoms with Gasteiger partial charge in [-0.05, 0) is 43.7 Å². The van der Waals surface area contributed by atoms with Crippen LogP contribution < -0.4 is 5.32 Å². The molecule has 4 nitrogen and oxygen atoms in total. The molecule has 2 unspecified atom stereocenters. The zero-order valence-electron chi connectivity index (χ0n) is 11.3. The first-order valence-corrected chi connectivity index (χ1v) is 6.32. The summed E-state index contributed by atoms with van der Waals surface area (Å²) in [5.74, 6) is -0.888. The van der Waals surface area contributed by atoms with E-state index in [1.807, 2.05) is 13.8 Å². The van der Waals surface area contributed by atoms with Crippen molar-refractivity contribution in [3.8, 4) is 0 Å². The van der Waals surface area contributed by atoms with Gasteiger partial charge in [-0.3, -0.25) is 0 Å². The maximum Gasteiger partial charge on any atom is 0.371 e. The summed E-state index contributed by atoms with van der Waals surface area (Å²) >= 11 is 0. The van der Waals surface area contributed by atoms with Crippen LogP contribution in [0.3, 0.4) is 0 Å². The quantitative estimate of drug-likeness (QED) is 0.877. The molecule has 2 atom stereocenters. The molecule has 1 heterocycles. The van der Waals surface area contributed by atoms with Gasteiger partial charge >= 0.3 is 5.97 Å². The molecule has 106 valence electrons. The second kappa shape index (κ2) is 5.88. The Kier molecular flexibility index (Phi) is 4.20. The van der Waals surface area contributed by atoms with Crippen molar-refractivity contribution >= 4 is 5.97 Å². The molecule has 2 N–H and O–H groups in total. The molecule has 0 spiro atoms. The van der Waals surface area contributed by atoms with Gasteiger partial charge < -0.3 is 14.8 Å². The Morgan fingerprint density at radius 3 is 2.35 bits per heavy atom. The minimum absolute atomic E-state index is 0.0102. The molecule has 2 rings (SSSR count). The maximum atomic E-state index is 12.9. The summed E-state index contributed by atoms with van der Waals surface area (Å²) in [5, 5.41) is 12.1. The Bertz CT molecular complexity index is 591. The van der Waals surface area contributed by atoms with Crippen molar-refractivity contribution in [2.75, 3.05) is 0 Å². The molecular formula is C15H16FNO3. The predicted octanol–water partition coefficient (Wildman–Crippen LogP) is 3.53. The average molecular weight is 277 g/mol. The lowest BCUT2D eigenvalue weighted by Crippen LogP contribution is -2.22. The van der Waals surface area contributed by atoms with Crippen LogP contribution in [0.4, 0.5) is 4.39 Å². The number of furan rings is 1. The van der Waals surface area contributed by atoms with E-state index in [4.69, 9.17) is 9.52 Å². The molecule has 2 aromatic rings. The van der Waals surface area contributed by atoms with Crippen LogP contribution in [0.15, 0.2) is 40.8 Å². The molecule has 0 radical (unpaired) electrons. The molecule has 0 fully saturated rings. The summed E-state index contributed by atoms with van der Waals surface area (Å²) in [7, 11) is 0. The van der Waals surface area contributed by atoms with E-state index in [9.17, 15) is 9.18 Å². The fourth-order valence-electron chi connectivity index (χ4n) is 2.01. The third-order valence-corrected chi connectivity index (χ3v) is 3.13. The minimum atomic E-state index is -1.09. The second-order valence-corrected chi connectivity index (χ2v) is 4.67. The number of nitrogens with one attached hydrogen (secondary N) is 1. The van der Waals surface area contributed by atoms with Gasteiger partial charge in [0.1, 0.15) is 11.6 Å². The Morgan fingerprint density at radius 1 is 1.15 bits per heavy atom. The summed E-state index contributed by atoms with van der Waals surface area (Å²) in [6.07, 6.45) is 0. The van der Waals surface area contributed by atoms with Crippen molar-refractivity contribution in [2.24, 2.45) is 0 Å². The molecule has 0 aliphatic carbocycles. The van der Waals surface area contributed by atoms with E-state index in [-0.39, 0.29) is 23.7 Å². The van der Waals surface area contributed by atoms with Gasteiger partial charge in [-0.2, -0.15) is 0 Å². The number of carboxylic acid groups (broad SMARTS) is 1. The molecule has 0 aliphatic heterocycles. The molecule has 0 aliphatic rings. The second-order valence-electron chi connectivity index (χ2n) is 4.67. The molecule has 20 heavy (non-hydrogen) atoms. The van der Waals surface area contributed by atoms with Gasteiger partial charge in [0.05, 0.1) is 6.04 Å². The van der Waals surface area contributed by atoms with Gasteiger partial charge in [0, 0.05) is 6.04 Å². The third-order valence-electron chi connectivity index (χ3n) is 3.13. The average Bonchev–Trinajstić information content (AvgIpc) is 2.89. The van der Waals surface area contributed by atoms with Crippen LogP contribution in [0.1, 0.15) is 47.8 Å². The Labute approximate surface area is 116 Å². The van der Waals surface area contributed by atoms with E-state index in [0.717, 1.165) is 5.56 Å². The van der Waals surface area contributed by atoms with Gasteiger partial charge in [-0.15, -0.1) is 0 Å². The number of rotatable bonds is 5. The van der Waals surface area contributed by atoms with Crippen LogP contribution in [0.5, 0.6) is 0 Å². The van der Waals surface area contributed by atoms with E-state index >= 15 is 0 Å². The third kappa shape index (κ3) is 3.24. The Balaban J connectivity index is 2.04. The zero-order valence-corrected chi connectivity index (χ0v) is 11.3. The van der Waals surface area contributed by atoms with E-state index in [1.165, 1.54) is 18.2 Å². The lowest BCUT2D eigenvalue weighted by molar-refractivity contribution is 0.0659. The zero-order chi connectivity index (χ0) is 14.7. The largest absolute Gasteiger partial charge is 0.475 e. The first-order valence-electron chi connectivity index (χ1n) is 6.32. The van der Waals surface area contributed by atoms with E-state index in [1.54, 1.807) is 18.2 Å². The monoisotopic (exact) mass is 277 g/mol. The summed E-state index contributed by atoms with van der Waals surface area (Å²) in [4.78, 5) is 10.8. The number of carbonyl (C=O) groups is 1. The highest BCUT2D eigenvalue weighted by Gasteiger charge is 2.16. The highest BCUT2D eigenvalue weighted by molar-refractivity contribution is 5.84. The van der Waals surface area contributed by atoms with Crippen molar-refractivity contribution in [3.63, 3.8) is 0 Å². The minimum Gasteiger partial charge on any atom is -0.475 e. The smallest absolute Gasteiger partial charge is 0.371 e. The predicted molar refractivity (Wildman–Crippen MR) is 72.0 cm³/mol. The lowest BCUT2D eigenvalue weighted by Gasteiger charge is -2.18. The highest BCUT2D eigenvalue weighted by atomic mass is 19.1. The fourth-order valence-corrected chi connectivity index (χ4v) is 2.01. The molecule has 0 saturated carbocycles. The van der Waals surface area contributed by atoms with Crippen LogP contribution >= 0.6 is 0 Å². The van der Waals surface area contributed by atoms with Crippen molar-refractivity contribution in [1.82, 2.24) is 5.32 Å². The topological polar surface area (TPSA) is 62.5 Å². The summed E-state index contributed by atoms with van der Waals surface area (Å²) in [6, 6.07) is 9.15. The number of benzene rings is 1. The SMILES string of the molecule is CC(NC(C)c1ccc(C(=O)O)o1)c1ccc(F)cc1. The molecule has 5 heteroatoms. The van der Waals surface area contributed by atoms with Crippen LogP contribution in [0, 0.1) is 5.82 Å². The Hall–Kier alpha value is -2.14. The van der Waals surface area contributed by atoms with Gasteiger partial charge in [-0.1, -0.05) is 12.1 Å². The molecule has 0 bridgehead atoms. The molecule has 0 saturated heterocycles. The lowest BCUT2D eigenvalue weighted by atomic mass is 10.1. The van der Waals surface area contributed by atoms with Crippen molar-refractivity contribution < 1.29 is 18.7 Å². The van der Waals surface area contributed by atoms with Crippen molar-refractivity contribution in [1.29, 1.82) is 0 Å². The first-order chi connectivity index (χ1) is 9.47. The van der Waals surface area contributed by atoms with Crippen LogP contribution in [0.25, 0.3) is 0 Å². The number of hydrogen-bond donors (Lipinski definition) is 2. The van der Waals surface area contributed by atoms with Gasteiger partial charge in [-0.25, -0.2) is 9.18 Å². The van der Waals surface area contributed by atoms with E-state index < -0.39 is 5.97 Å². The van der Waals surface area contributed by atoms with Crippen LogP contribution in [-0.2, 0) is 0 Å². The Morgan fingerprint density at radius 2 is 1.80 bits per heavy atom. The van der Waals surface area contributed by atoms with Crippen LogP contribution in [-0.4, -0.2) is 11.1 Å². The standard InChI is InChI=1S/C15H16FNO3/c1-9(11-3-5-12(16)6-4-11)17-10(2)13-7-8-14(20-13)15(18)19/h3-10,17H,1-2H3,(H,18,19). The van der Waals surface area contributed by atoms with Crippen LogP contribution in [0.2, 0.25) is 0 Å². The highest BCUT2D eigenvalue weighted by Crippen LogP contribution is 2.21. The fraction of sp³-hybridized carbons (Fsp3) is 0.267. The number of aromatic carboxylic acids is 1. The molecule has 1 aromatic carbocycles. The summed E-state index contributed by atoms with van der Waals surface area (Å²) in [5.41, 5.74) is 0.947. The summed E-state index contributed by atoms with van der Waals surface area (Å²) < 4.78 is 18.1. The van der Waals surface area contributed by atoms with E-state index in [0.29, 0.717) is 5.76 Å². The summed E-state index contributed by atoms with van der Waals surface area (Å²) in [6.45, 7) is 3.83. The maximum absolute atomic E-state index is 12.9. The number of carboxylic acids is 1. The number of hydrogen-bond acceptors (Lipinski definition) is 3. The molecule has 1 aromatic heterocycles. The van der Waals surface area contributed by atoms with Crippen molar-refractivity contribution in [3.05, 3.63) is 59.3 Å². The molecule has 0 amide bonds.